The second-order valence-corrected chi connectivity index (χ2v) is 7.20. The maximum atomic E-state index is 12.5. The first-order chi connectivity index (χ1) is 10.4. The summed E-state index contributed by atoms with van der Waals surface area (Å²) in [6.07, 6.45) is 2.50. The Morgan fingerprint density at radius 1 is 1.45 bits per heavy atom. The number of aliphatic carboxylic acids is 1. The normalized spacial score (nSPS) is 26.8. The number of halogens is 1. The number of urea groups is 1. The molecule has 0 spiro atoms. The van der Waals surface area contributed by atoms with Crippen molar-refractivity contribution in [2.75, 3.05) is 18.4 Å². The molecule has 2 fully saturated rings. The highest BCUT2D eigenvalue weighted by atomic mass is 79.9. The second kappa shape index (κ2) is 5.57. The molecule has 1 aromatic rings. The predicted octanol–water partition coefficient (Wildman–Crippen LogP) is 3.48. The third-order valence-electron chi connectivity index (χ3n) is 4.95. The number of carboxylic acid groups (broad SMARTS) is 1. The summed E-state index contributed by atoms with van der Waals surface area (Å²) in [5, 5.41) is 12.5. The molecule has 2 amide bonds. The van der Waals surface area contributed by atoms with Crippen molar-refractivity contribution in [1.29, 1.82) is 0 Å². The molecule has 2 atom stereocenters. The van der Waals surface area contributed by atoms with Crippen molar-refractivity contribution in [1.82, 2.24) is 4.90 Å². The number of anilines is 1. The van der Waals surface area contributed by atoms with Crippen LogP contribution >= 0.6 is 15.9 Å². The molecule has 6 heteroatoms. The number of aryl methyl sites for hydroxylation is 1. The van der Waals surface area contributed by atoms with Gasteiger partial charge in [-0.2, -0.15) is 0 Å². The van der Waals surface area contributed by atoms with Crippen molar-refractivity contribution >= 4 is 33.6 Å². The van der Waals surface area contributed by atoms with Gasteiger partial charge in [-0.15, -0.1) is 0 Å². The highest BCUT2D eigenvalue weighted by molar-refractivity contribution is 9.10. The van der Waals surface area contributed by atoms with E-state index in [2.05, 4.69) is 21.2 Å². The summed E-state index contributed by atoms with van der Waals surface area (Å²) in [5.41, 5.74) is 1.03. The number of carboxylic acids is 1. The van der Waals surface area contributed by atoms with E-state index in [9.17, 15) is 14.7 Å². The van der Waals surface area contributed by atoms with Crippen LogP contribution in [-0.2, 0) is 4.79 Å². The number of likely N-dealkylation sites (tertiary alicyclic amines) is 1. The van der Waals surface area contributed by atoms with Gasteiger partial charge in [-0.05, 0) is 59.3 Å². The summed E-state index contributed by atoms with van der Waals surface area (Å²) >= 11 is 3.42. The zero-order valence-corrected chi connectivity index (χ0v) is 14.0. The first kappa shape index (κ1) is 15.3. The SMILES string of the molecule is Cc1ccc(Br)c(NC(=O)N2C[C@@H]3CCC[C@@]3(C(=O)O)C2)c1. The lowest BCUT2D eigenvalue weighted by molar-refractivity contribution is -0.149. The highest BCUT2D eigenvalue weighted by Gasteiger charge is 2.55. The third kappa shape index (κ3) is 2.49. The van der Waals surface area contributed by atoms with Crippen molar-refractivity contribution < 1.29 is 14.7 Å². The van der Waals surface area contributed by atoms with Gasteiger partial charge in [0.05, 0.1) is 11.1 Å². The first-order valence-corrected chi connectivity index (χ1v) is 8.27. The fourth-order valence-electron chi connectivity index (χ4n) is 3.72. The van der Waals surface area contributed by atoms with Crippen molar-refractivity contribution in [3.63, 3.8) is 0 Å². The van der Waals surface area contributed by atoms with Crippen LogP contribution in [0, 0.1) is 18.3 Å². The monoisotopic (exact) mass is 366 g/mol. The summed E-state index contributed by atoms with van der Waals surface area (Å²) in [6.45, 7) is 2.80. The van der Waals surface area contributed by atoms with Gasteiger partial charge in [0.2, 0.25) is 0 Å². The molecule has 1 aliphatic heterocycles. The number of fused-ring (bicyclic) bond motifs is 1. The molecular formula is C16H19BrN2O3. The minimum absolute atomic E-state index is 0.0803. The van der Waals surface area contributed by atoms with E-state index < -0.39 is 11.4 Å². The number of nitrogens with one attached hydrogen (secondary N) is 1. The van der Waals surface area contributed by atoms with Crippen LogP contribution in [0.25, 0.3) is 0 Å². The first-order valence-electron chi connectivity index (χ1n) is 7.48. The fraction of sp³-hybridized carbons (Fsp3) is 0.500. The van der Waals surface area contributed by atoms with E-state index >= 15 is 0 Å². The van der Waals surface area contributed by atoms with Gasteiger partial charge in [0.25, 0.3) is 0 Å². The Morgan fingerprint density at radius 2 is 2.23 bits per heavy atom. The van der Waals surface area contributed by atoms with E-state index in [1.54, 1.807) is 4.90 Å². The number of rotatable bonds is 2. The van der Waals surface area contributed by atoms with Crippen LogP contribution < -0.4 is 5.32 Å². The smallest absolute Gasteiger partial charge is 0.321 e. The molecule has 0 bridgehead atoms. The standard InChI is InChI=1S/C16H19BrN2O3/c1-10-4-5-12(17)13(7-10)18-15(22)19-8-11-3-2-6-16(11,9-19)14(20)21/h4-5,7,11H,2-3,6,8-9H2,1H3,(H,18,22)(H,20,21)/t11-,16+/m0/s1. The van der Waals surface area contributed by atoms with Crippen LogP contribution in [0.3, 0.4) is 0 Å². The summed E-state index contributed by atoms with van der Waals surface area (Å²) in [7, 11) is 0. The quantitative estimate of drug-likeness (QED) is 0.841. The topological polar surface area (TPSA) is 69.6 Å². The van der Waals surface area contributed by atoms with E-state index in [1.807, 2.05) is 25.1 Å². The Kier molecular flexibility index (Phi) is 3.89. The van der Waals surface area contributed by atoms with Crippen LogP contribution in [-0.4, -0.2) is 35.1 Å². The molecule has 2 N–H and O–H groups in total. The van der Waals surface area contributed by atoms with E-state index in [1.165, 1.54) is 0 Å². The number of nitrogens with zero attached hydrogens (tertiary/aromatic N) is 1. The predicted molar refractivity (Wildman–Crippen MR) is 86.9 cm³/mol. The Hall–Kier alpha value is -1.56. The number of amides is 2. The maximum Gasteiger partial charge on any atom is 0.321 e. The number of carbonyl (C=O) groups is 2. The minimum Gasteiger partial charge on any atom is -0.481 e. The van der Waals surface area contributed by atoms with Crippen LogP contribution in [0.2, 0.25) is 0 Å². The Balaban J connectivity index is 1.75. The molecule has 0 radical (unpaired) electrons. The van der Waals surface area contributed by atoms with Gasteiger partial charge in [0.15, 0.2) is 0 Å². The molecule has 0 unspecified atom stereocenters. The average molecular weight is 367 g/mol. The number of hydrogen-bond donors (Lipinski definition) is 2. The molecule has 1 saturated carbocycles. The van der Waals surface area contributed by atoms with Crippen molar-refractivity contribution in [3.05, 3.63) is 28.2 Å². The summed E-state index contributed by atoms with van der Waals surface area (Å²) in [5.74, 6) is -0.682. The summed E-state index contributed by atoms with van der Waals surface area (Å²) in [4.78, 5) is 25.8. The van der Waals surface area contributed by atoms with Gasteiger partial charge in [-0.1, -0.05) is 12.5 Å². The van der Waals surface area contributed by atoms with Crippen molar-refractivity contribution in [2.24, 2.45) is 11.3 Å². The molecule has 118 valence electrons. The van der Waals surface area contributed by atoms with E-state index in [4.69, 9.17) is 0 Å². The van der Waals surface area contributed by atoms with Crippen LogP contribution in [0.4, 0.5) is 10.5 Å². The van der Waals surface area contributed by atoms with Gasteiger partial charge in [-0.25, -0.2) is 4.79 Å². The number of hydrogen-bond acceptors (Lipinski definition) is 2. The zero-order valence-electron chi connectivity index (χ0n) is 12.4. The number of carbonyl (C=O) groups excluding carboxylic acids is 1. The summed E-state index contributed by atoms with van der Waals surface area (Å²) in [6, 6.07) is 5.52. The highest BCUT2D eigenvalue weighted by Crippen LogP contribution is 2.49. The molecule has 1 aromatic carbocycles. The van der Waals surface area contributed by atoms with E-state index in [-0.39, 0.29) is 11.9 Å². The number of benzene rings is 1. The molecule has 3 rings (SSSR count). The molecule has 1 heterocycles. The third-order valence-corrected chi connectivity index (χ3v) is 5.64. The molecule has 5 nitrogen and oxygen atoms in total. The van der Waals surface area contributed by atoms with Crippen LogP contribution in [0.1, 0.15) is 24.8 Å². The van der Waals surface area contributed by atoms with Crippen molar-refractivity contribution in [3.8, 4) is 0 Å². The molecule has 1 aliphatic carbocycles. The minimum atomic E-state index is -0.762. The molecule has 0 aromatic heterocycles. The lowest BCUT2D eigenvalue weighted by Crippen LogP contribution is -2.38. The Labute approximate surface area is 137 Å². The molecular weight excluding hydrogens is 348 g/mol. The zero-order chi connectivity index (χ0) is 15.9. The van der Waals surface area contributed by atoms with Crippen molar-refractivity contribution in [2.45, 2.75) is 26.2 Å². The Bertz CT molecular complexity index is 634. The lowest BCUT2D eigenvalue weighted by Gasteiger charge is -2.23. The van der Waals surface area contributed by atoms with Gasteiger partial charge in [-0.3, -0.25) is 4.79 Å². The van der Waals surface area contributed by atoms with Crippen LogP contribution in [0.5, 0.6) is 0 Å². The largest absolute Gasteiger partial charge is 0.481 e. The lowest BCUT2D eigenvalue weighted by atomic mass is 9.81. The van der Waals surface area contributed by atoms with Crippen LogP contribution in [0.15, 0.2) is 22.7 Å². The second-order valence-electron chi connectivity index (χ2n) is 6.34. The molecule has 22 heavy (non-hydrogen) atoms. The average Bonchev–Trinajstić information content (AvgIpc) is 3.00. The van der Waals surface area contributed by atoms with Gasteiger partial charge < -0.3 is 15.3 Å². The Morgan fingerprint density at radius 3 is 2.91 bits per heavy atom. The summed E-state index contributed by atoms with van der Waals surface area (Å²) < 4.78 is 0.818. The van der Waals surface area contributed by atoms with Gasteiger partial charge >= 0.3 is 12.0 Å². The fourth-order valence-corrected chi connectivity index (χ4v) is 4.07. The molecule has 2 aliphatic rings. The van der Waals surface area contributed by atoms with E-state index in [0.29, 0.717) is 25.2 Å². The maximum absolute atomic E-state index is 12.5. The van der Waals surface area contributed by atoms with Gasteiger partial charge in [0, 0.05) is 17.6 Å². The molecule has 1 saturated heterocycles. The van der Waals surface area contributed by atoms with E-state index in [0.717, 1.165) is 22.9 Å². The van der Waals surface area contributed by atoms with Gasteiger partial charge in [0.1, 0.15) is 0 Å².